The first-order valence-electron chi connectivity index (χ1n) is 4.04. The first-order chi connectivity index (χ1) is 5.17. The number of rotatable bonds is 3. The van der Waals surface area contributed by atoms with E-state index in [9.17, 15) is 13.2 Å². The van der Waals surface area contributed by atoms with Crippen LogP contribution in [-0.4, -0.2) is 37.8 Å². The molecule has 1 unspecified atom stereocenters. The summed E-state index contributed by atoms with van der Waals surface area (Å²) in [5.74, 6) is 0. The molecule has 0 aliphatic heterocycles. The SMILES string of the molecule is CCC(CC(F)(F)F)[N+](C)(C)C. The maximum absolute atomic E-state index is 12.0. The van der Waals surface area contributed by atoms with E-state index >= 15 is 0 Å². The number of nitrogens with zero attached hydrogens (tertiary/aromatic N) is 1. The monoisotopic (exact) mass is 184 g/mol. The molecule has 0 rings (SSSR count). The Hall–Kier alpha value is -0.250. The fourth-order valence-electron chi connectivity index (χ4n) is 1.23. The maximum atomic E-state index is 12.0. The summed E-state index contributed by atoms with van der Waals surface area (Å²) < 4.78 is 36.4. The van der Waals surface area contributed by atoms with Gasteiger partial charge in [-0.1, -0.05) is 6.92 Å². The van der Waals surface area contributed by atoms with Crippen molar-refractivity contribution < 1.29 is 17.7 Å². The lowest BCUT2D eigenvalue weighted by atomic mass is 10.1. The second-order valence-corrected chi connectivity index (χ2v) is 4.00. The van der Waals surface area contributed by atoms with Crippen molar-refractivity contribution in [1.82, 2.24) is 0 Å². The average molecular weight is 184 g/mol. The van der Waals surface area contributed by atoms with Gasteiger partial charge in [-0.05, 0) is 6.42 Å². The minimum atomic E-state index is -4.04. The third kappa shape index (κ3) is 4.59. The minimum absolute atomic E-state index is 0.329. The molecule has 74 valence electrons. The van der Waals surface area contributed by atoms with Crippen molar-refractivity contribution in [3.05, 3.63) is 0 Å². The molecule has 0 fully saturated rings. The summed E-state index contributed by atoms with van der Waals surface area (Å²) in [6, 6.07) is -0.329. The highest BCUT2D eigenvalue weighted by molar-refractivity contribution is 4.61. The molecule has 12 heavy (non-hydrogen) atoms. The largest absolute Gasteiger partial charge is 0.394 e. The number of hydrogen-bond donors (Lipinski definition) is 0. The van der Waals surface area contributed by atoms with E-state index in [0.717, 1.165) is 0 Å². The third-order valence-electron chi connectivity index (χ3n) is 2.03. The molecular formula is C8H17F3N+. The number of alkyl halides is 3. The topological polar surface area (TPSA) is 0 Å². The van der Waals surface area contributed by atoms with Crippen LogP contribution >= 0.6 is 0 Å². The van der Waals surface area contributed by atoms with Crippen LogP contribution in [0.2, 0.25) is 0 Å². The van der Waals surface area contributed by atoms with Crippen molar-refractivity contribution in [2.75, 3.05) is 21.1 Å². The van der Waals surface area contributed by atoms with Crippen molar-refractivity contribution in [2.45, 2.75) is 32.0 Å². The molecule has 0 heterocycles. The lowest BCUT2D eigenvalue weighted by molar-refractivity contribution is -0.897. The van der Waals surface area contributed by atoms with Crippen LogP contribution in [0.5, 0.6) is 0 Å². The van der Waals surface area contributed by atoms with Crippen molar-refractivity contribution in [1.29, 1.82) is 0 Å². The summed E-state index contributed by atoms with van der Waals surface area (Å²) in [4.78, 5) is 0. The van der Waals surface area contributed by atoms with E-state index in [1.54, 1.807) is 28.1 Å². The molecule has 0 aromatic carbocycles. The maximum Gasteiger partial charge on any atom is 0.394 e. The second-order valence-electron chi connectivity index (χ2n) is 4.00. The van der Waals surface area contributed by atoms with Gasteiger partial charge in [0, 0.05) is 0 Å². The molecule has 0 N–H and O–H groups in total. The van der Waals surface area contributed by atoms with Crippen LogP contribution in [0, 0.1) is 0 Å². The van der Waals surface area contributed by atoms with Gasteiger partial charge in [0.05, 0.1) is 33.6 Å². The van der Waals surface area contributed by atoms with Crippen LogP contribution in [0.15, 0.2) is 0 Å². The normalized spacial score (nSPS) is 16.2. The molecule has 0 amide bonds. The van der Waals surface area contributed by atoms with E-state index in [-0.39, 0.29) is 6.04 Å². The van der Waals surface area contributed by atoms with Crippen LogP contribution in [0.1, 0.15) is 19.8 Å². The quantitative estimate of drug-likeness (QED) is 0.591. The highest BCUT2D eigenvalue weighted by Gasteiger charge is 2.36. The van der Waals surface area contributed by atoms with Gasteiger partial charge in [0.2, 0.25) is 0 Å². The van der Waals surface area contributed by atoms with Gasteiger partial charge in [-0.3, -0.25) is 0 Å². The van der Waals surface area contributed by atoms with Crippen molar-refractivity contribution in [3.63, 3.8) is 0 Å². The zero-order valence-electron chi connectivity index (χ0n) is 8.07. The van der Waals surface area contributed by atoms with Gasteiger partial charge in [0.1, 0.15) is 0 Å². The molecule has 0 bridgehead atoms. The van der Waals surface area contributed by atoms with Gasteiger partial charge in [-0.2, -0.15) is 13.2 Å². The fraction of sp³-hybridized carbons (Fsp3) is 1.00. The molecule has 0 saturated heterocycles. The number of quaternary nitrogens is 1. The molecule has 0 aliphatic rings. The van der Waals surface area contributed by atoms with Gasteiger partial charge in [-0.25, -0.2) is 0 Å². The fourth-order valence-corrected chi connectivity index (χ4v) is 1.23. The van der Waals surface area contributed by atoms with Crippen LogP contribution in [-0.2, 0) is 0 Å². The van der Waals surface area contributed by atoms with E-state index in [0.29, 0.717) is 10.9 Å². The Morgan fingerprint density at radius 3 is 1.67 bits per heavy atom. The highest BCUT2D eigenvalue weighted by Crippen LogP contribution is 2.26. The molecule has 0 saturated carbocycles. The molecule has 1 nitrogen and oxygen atoms in total. The lowest BCUT2D eigenvalue weighted by Gasteiger charge is -2.34. The van der Waals surface area contributed by atoms with Gasteiger partial charge >= 0.3 is 6.18 Å². The van der Waals surface area contributed by atoms with Crippen molar-refractivity contribution in [2.24, 2.45) is 0 Å². The van der Waals surface area contributed by atoms with Gasteiger partial charge < -0.3 is 4.48 Å². The summed E-state index contributed by atoms with van der Waals surface area (Å²) >= 11 is 0. The van der Waals surface area contributed by atoms with E-state index in [2.05, 4.69) is 0 Å². The summed E-state index contributed by atoms with van der Waals surface area (Å²) in [5.41, 5.74) is 0. The Morgan fingerprint density at radius 1 is 1.17 bits per heavy atom. The van der Waals surface area contributed by atoms with Crippen molar-refractivity contribution in [3.8, 4) is 0 Å². The Bertz CT molecular complexity index is 134. The van der Waals surface area contributed by atoms with Gasteiger partial charge in [0.25, 0.3) is 0 Å². The van der Waals surface area contributed by atoms with Gasteiger partial charge in [-0.15, -0.1) is 0 Å². The second kappa shape index (κ2) is 3.64. The van der Waals surface area contributed by atoms with Crippen LogP contribution in [0.25, 0.3) is 0 Å². The highest BCUT2D eigenvalue weighted by atomic mass is 19.4. The Kier molecular flexibility index (Phi) is 3.57. The molecule has 0 aromatic rings. The van der Waals surface area contributed by atoms with Crippen LogP contribution < -0.4 is 0 Å². The van der Waals surface area contributed by atoms with E-state index < -0.39 is 12.6 Å². The van der Waals surface area contributed by atoms with E-state index in [1.165, 1.54) is 0 Å². The first-order valence-corrected chi connectivity index (χ1v) is 4.04. The third-order valence-corrected chi connectivity index (χ3v) is 2.03. The molecule has 1 atom stereocenters. The Morgan fingerprint density at radius 2 is 1.58 bits per heavy atom. The zero-order chi connectivity index (χ0) is 9.99. The standard InChI is InChI=1S/C8H17F3N/c1-5-7(12(2,3)4)6-8(9,10)11/h7H,5-6H2,1-4H3/q+1. The minimum Gasteiger partial charge on any atom is -0.328 e. The summed E-state index contributed by atoms with van der Waals surface area (Å²) in [5, 5.41) is 0. The molecule has 4 heteroatoms. The van der Waals surface area contributed by atoms with Crippen LogP contribution in [0.3, 0.4) is 0 Å². The van der Waals surface area contributed by atoms with Gasteiger partial charge in [0.15, 0.2) is 0 Å². The molecule has 0 aliphatic carbocycles. The predicted octanol–water partition coefficient (Wildman–Crippen LogP) is 2.42. The molecule has 0 spiro atoms. The number of hydrogen-bond acceptors (Lipinski definition) is 0. The molecular weight excluding hydrogens is 167 g/mol. The van der Waals surface area contributed by atoms with Crippen LogP contribution in [0.4, 0.5) is 13.2 Å². The number of halogens is 3. The predicted molar refractivity (Wildman–Crippen MR) is 42.8 cm³/mol. The van der Waals surface area contributed by atoms with Crippen molar-refractivity contribution >= 4 is 0 Å². The average Bonchev–Trinajstić information content (AvgIpc) is 1.78. The summed E-state index contributed by atoms with van der Waals surface area (Å²) in [6.45, 7) is 1.79. The zero-order valence-corrected chi connectivity index (χ0v) is 8.07. The molecule has 0 radical (unpaired) electrons. The molecule has 0 aromatic heterocycles. The summed E-state index contributed by atoms with van der Waals surface area (Å²) in [6.07, 6.45) is -4.16. The smallest absolute Gasteiger partial charge is 0.328 e. The lowest BCUT2D eigenvalue weighted by Crippen LogP contribution is -2.46. The summed E-state index contributed by atoms with van der Waals surface area (Å²) in [7, 11) is 5.37. The Labute approximate surface area is 71.8 Å². The Balaban J connectivity index is 4.20. The first kappa shape index (κ1) is 11.8. The van der Waals surface area contributed by atoms with E-state index in [1.807, 2.05) is 0 Å². The van der Waals surface area contributed by atoms with E-state index in [4.69, 9.17) is 0 Å².